The Morgan fingerprint density at radius 1 is 1.38 bits per heavy atom. The third-order valence-corrected chi connectivity index (χ3v) is 5.29. The van der Waals surface area contributed by atoms with E-state index in [1.807, 2.05) is 50.6 Å². The average molecular weight is 418 g/mol. The first-order valence-electron chi connectivity index (χ1n) is 9.85. The molecule has 1 heterocycles. The van der Waals surface area contributed by atoms with Crippen molar-refractivity contribution in [1.82, 2.24) is 15.2 Å². The summed E-state index contributed by atoms with van der Waals surface area (Å²) in [5.74, 6) is -0.512. The summed E-state index contributed by atoms with van der Waals surface area (Å²) in [6.07, 6.45) is 3.46. The van der Waals surface area contributed by atoms with Crippen molar-refractivity contribution in [3.05, 3.63) is 58.7 Å². The summed E-state index contributed by atoms with van der Waals surface area (Å²) >= 11 is 5.34. The molecule has 156 valence electrons. The molecule has 2 aromatic rings. The number of thiocarbonyl (C=S) groups is 1. The molecule has 29 heavy (non-hydrogen) atoms. The summed E-state index contributed by atoms with van der Waals surface area (Å²) in [7, 11) is 0. The first kappa shape index (κ1) is 21.3. The van der Waals surface area contributed by atoms with Gasteiger partial charge in [0.25, 0.3) is 0 Å². The van der Waals surface area contributed by atoms with Crippen LogP contribution in [0.15, 0.2) is 30.5 Å². The number of fused-ring (bicyclic) bond motifs is 1. The Morgan fingerprint density at radius 2 is 2.14 bits per heavy atom. The van der Waals surface area contributed by atoms with Gasteiger partial charge in [-0.3, -0.25) is 0 Å². The second-order valence-corrected chi connectivity index (χ2v) is 8.79. The molecule has 1 aliphatic carbocycles. The van der Waals surface area contributed by atoms with E-state index in [0.717, 1.165) is 23.1 Å². The second-order valence-electron chi connectivity index (χ2n) is 8.38. The Balaban J connectivity index is 1.46. The molecular formula is C22H28FN3O2S. The fraction of sp³-hybridized carbons (Fsp3) is 0.455. The number of benzene rings is 1. The third kappa shape index (κ3) is 4.96. The zero-order valence-corrected chi connectivity index (χ0v) is 18.2. The van der Waals surface area contributed by atoms with E-state index in [1.165, 1.54) is 6.07 Å². The second kappa shape index (κ2) is 8.53. The molecule has 1 unspecified atom stereocenters. The summed E-state index contributed by atoms with van der Waals surface area (Å²) in [5, 5.41) is 6.75. The zero-order chi connectivity index (χ0) is 21.2. The Morgan fingerprint density at radius 3 is 2.86 bits per heavy atom. The van der Waals surface area contributed by atoms with Crippen LogP contribution in [-0.4, -0.2) is 28.8 Å². The van der Waals surface area contributed by atoms with Crippen LogP contribution in [0.3, 0.4) is 0 Å². The highest BCUT2D eigenvalue weighted by Crippen LogP contribution is 2.32. The summed E-state index contributed by atoms with van der Waals surface area (Å²) in [5.41, 5.74) is 3.07. The largest absolute Gasteiger partial charge is 0.459 e. The lowest BCUT2D eigenvalue weighted by Crippen LogP contribution is -2.39. The highest BCUT2D eigenvalue weighted by atomic mass is 32.1. The van der Waals surface area contributed by atoms with Gasteiger partial charge in [0, 0.05) is 11.7 Å². The Kier molecular flexibility index (Phi) is 6.27. The van der Waals surface area contributed by atoms with Gasteiger partial charge in [-0.2, -0.15) is 0 Å². The molecule has 0 spiro atoms. The molecule has 0 saturated heterocycles. The first-order chi connectivity index (χ1) is 13.7. The van der Waals surface area contributed by atoms with E-state index in [0.29, 0.717) is 23.8 Å². The Labute approximate surface area is 176 Å². The minimum absolute atomic E-state index is 0.00119. The maximum Gasteiger partial charge on any atom is 0.355 e. The van der Waals surface area contributed by atoms with Gasteiger partial charge in [0.1, 0.15) is 18.1 Å². The number of hydrogen-bond donors (Lipinski definition) is 2. The summed E-state index contributed by atoms with van der Waals surface area (Å²) in [4.78, 5) is 12.5. The van der Waals surface area contributed by atoms with Crippen LogP contribution in [0.1, 0.15) is 60.4 Å². The van der Waals surface area contributed by atoms with Crippen molar-refractivity contribution in [3.8, 4) is 0 Å². The van der Waals surface area contributed by atoms with E-state index in [9.17, 15) is 9.18 Å². The van der Waals surface area contributed by atoms with Crippen molar-refractivity contribution >= 4 is 23.3 Å². The monoisotopic (exact) mass is 417 g/mol. The molecule has 1 atom stereocenters. The summed E-state index contributed by atoms with van der Waals surface area (Å²) < 4.78 is 21.2. The maximum absolute atomic E-state index is 13.8. The Bertz CT molecular complexity index is 917. The molecule has 3 rings (SSSR count). The van der Waals surface area contributed by atoms with Crippen molar-refractivity contribution in [2.75, 3.05) is 13.2 Å². The molecule has 5 nitrogen and oxygen atoms in total. The minimum Gasteiger partial charge on any atom is -0.459 e. The predicted octanol–water partition coefficient (Wildman–Crippen LogP) is 4.00. The molecule has 0 bridgehead atoms. The smallest absolute Gasteiger partial charge is 0.355 e. The molecule has 1 aromatic heterocycles. The van der Waals surface area contributed by atoms with Crippen LogP contribution in [0.4, 0.5) is 4.39 Å². The van der Waals surface area contributed by atoms with E-state index in [-0.39, 0.29) is 30.0 Å². The van der Waals surface area contributed by atoms with Gasteiger partial charge in [-0.25, -0.2) is 9.18 Å². The van der Waals surface area contributed by atoms with Gasteiger partial charge in [-0.1, -0.05) is 12.1 Å². The van der Waals surface area contributed by atoms with Crippen LogP contribution >= 0.6 is 12.2 Å². The van der Waals surface area contributed by atoms with Crippen LogP contribution in [0, 0.1) is 12.7 Å². The quantitative estimate of drug-likeness (QED) is 0.438. The molecule has 0 radical (unpaired) electrons. The molecule has 0 amide bonds. The SMILES string of the molecule is Cc1cc(C(=O)OCCNC(=S)NC2CCc3c(F)cccc32)n(C(C)(C)C)c1. The lowest BCUT2D eigenvalue weighted by atomic mass is 10.1. The van der Waals surface area contributed by atoms with Gasteiger partial charge in [-0.05, 0) is 81.6 Å². The lowest BCUT2D eigenvalue weighted by molar-refractivity contribution is 0.0493. The third-order valence-electron chi connectivity index (χ3n) is 5.03. The first-order valence-corrected chi connectivity index (χ1v) is 10.3. The normalized spacial score (nSPS) is 15.7. The standard InChI is InChI=1S/C22H28FN3O2S/c1-14-12-19(26(13-14)22(2,3)4)20(27)28-11-10-24-21(29)25-18-9-8-15-16(18)6-5-7-17(15)23/h5-7,12-13,18H,8-11H2,1-4H3,(H2,24,25,29). The number of hydrogen-bond acceptors (Lipinski definition) is 3. The van der Waals surface area contributed by atoms with Gasteiger partial charge in [0.15, 0.2) is 5.11 Å². The number of carbonyl (C=O) groups is 1. The molecule has 0 fully saturated rings. The van der Waals surface area contributed by atoms with E-state index < -0.39 is 0 Å². The number of rotatable bonds is 5. The number of ether oxygens (including phenoxy) is 1. The van der Waals surface area contributed by atoms with Gasteiger partial charge in [0.05, 0.1) is 12.6 Å². The molecule has 0 saturated carbocycles. The van der Waals surface area contributed by atoms with Crippen LogP contribution in [0.5, 0.6) is 0 Å². The highest BCUT2D eigenvalue weighted by Gasteiger charge is 2.25. The minimum atomic E-state index is -0.353. The molecule has 0 aliphatic heterocycles. The predicted molar refractivity (Wildman–Crippen MR) is 116 cm³/mol. The number of nitrogens with zero attached hydrogens (tertiary/aromatic N) is 1. The van der Waals surface area contributed by atoms with Crippen LogP contribution in [0.2, 0.25) is 0 Å². The van der Waals surface area contributed by atoms with Gasteiger partial charge in [0.2, 0.25) is 0 Å². The number of aryl methyl sites for hydroxylation is 1. The fourth-order valence-electron chi connectivity index (χ4n) is 3.66. The van der Waals surface area contributed by atoms with Crippen LogP contribution in [0.25, 0.3) is 0 Å². The van der Waals surface area contributed by atoms with Crippen molar-refractivity contribution in [2.24, 2.45) is 0 Å². The van der Waals surface area contributed by atoms with Gasteiger partial charge < -0.3 is 19.9 Å². The van der Waals surface area contributed by atoms with Gasteiger partial charge >= 0.3 is 5.97 Å². The number of halogens is 1. The molecule has 1 aliphatic rings. The van der Waals surface area contributed by atoms with Crippen LogP contribution < -0.4 is 10.6 Å². The van der Waals surface area contributed by atoms with Gasteiger partial charge in [-0.15, -0.1) is 0 Å². The fourth-order valence-corrected chi connectivity index (χ4v) is 3.90. The number of nitrogens with one attached hydrogen (secondary N) is 2. The van der Waals surface area contributed by atoms with Crippen molar-refractivity contribution in [1.29, 1.82) is 0 Å². The zero-order valence-electron chi connectivity index (χ0n) is 17.3. The van der Waals surface area contributed by atoms with Crippen LogP contribution in [-0.2, 0) is 16.7 Å². The summed E-state index contributed by atoms with van der Waals surface area (Å²) in [6, 6.07) is 6.98. The van der Waals surface area contributed by atoms with E-state index >= 15 is 0 Å². The van der Waals surface area contributed by atoms with Crippen molar-refractivity contribution in [2.45, 2.75) is 52.1 Å². The summed E-state index contributed by atoms with van der Waals surface area (Å²) in [6.45, 7) is 8.68. The molecule has 7 heteroatoms. The molecule has 1 aromatic carbocycles. The average Bonchev–Trinajstić information content (AvgIpc) is 3.23. The highest BCUT2D eigenvalue weighted by molar-refractivity contribution is 7.80. The number of esters is 1. The van der Waals surface area contributed by atoms with E-state index in [4.69, 9.17) is 17.0 Å². The topological polar surface area (TPSA) is 55.3 Å². The molecule has 2 N–H and O–H groups in total. The molecular weight excluding hydrogens is 389 g/mol. The number of aromatic nitrogens is 1. The Hall–Kier alpha value is -2.41. The van der Waals surface area contributed by atoms with Crippen molar-refractivity contribution < 1.29 is 13.9 Å². The number of carbonyl (C=O) groups excluding carboxylic acids is 1. The lowest BCUT2D eigenvalue weighted by Gasteiger charge is -2.23. The van der Waals surface area contributed by atoms with Crippen molar-refractivity contribution in [3.63, 3.8) is 0 Å². The van der Waals surface area contributed by atoms with E-state index in [1.54, 1.807) is 6.07 Å². The van der Waals surface area contributed by atoms with E-state index in [2.05, 4.69) is 10.6 Å². The maximum atomic E-state index is 13.8.